The van der Waals surface area contributed by atoms with Gasteiger partial charge in [0.25, 0.3) is 5.69 Å². The van der Waals surface area contributed by atoms with E-state index in [1.807, 2.05) is 25.2 Å². The van der Waals surface area contributed by atoms with Gasteiger partial charge in [-0.2, -0.15) is 0 Å². The molecule has 1 aromatic heterocycles. The number of unbranched alkanes of at least 4 members (excludes halogenated alkanes) is 1. The van der Waals surface area contributed by atoms with Crippen LogP contribution in [-0.4, -0.2) is 65.6 Å². The molecule has 9 nitrogen and oxygen atoms in total. The monoisotopic (exact) mass is 528 g/mol. The number of nitro benzene ring substituents is 1. The van der Waals surface area contributed by atoms with E-state index >= 15 is 0 Å². The SMILES string of the molecule is CN=C(NCCCCc1ccc([N+](=O)[O-])cc1)N1CCN(Cc2ccon2)CC1.I. The number of nitro groups is 1. The zero-order valence-corrected chi connectivity index (χ0v) is 19.5. The van der Waals surface area contributed by atoms with Crippen LogP contribution in [0.4, 0.5) is 5.69 Å². The Hall–Kier alpha value is -2.21. The van der Waals surface area contributed by atoms with E-state index in [0.717, 1.165) is 75.7 Å². The molecular formula is C20H29IN6O3. The topological polar surface area (TPSA) is 100 Å². The van der Waals surface area contributed by atoms with Crippen molar-refractivity contribution in [3.05, 3.63) is 58.0 Å². The van der Waals surface area contributed by atoms with Crippen LogP contribution in [0.3, 0.4) is 0 Å². The number of halogens is 1. The van der Waals surface area contributed by atoms with Crippen LogP contribution in [0.5, 0.6) is 0 Å². The van der Waals surface area contributed by atoms with Crippen molar-refractivity contribution in [2.24, 2.45) is 4.99 Å². The number of non-ortho nitro benzene ring substituents is 1. The van der Waals surface area contributed by atoms with E-state index in [1.54, 1.807) is 18.4 Å². The Morgan fingerprint density at radius 2 is 1.93 bits per heavy atom. The van der Waals surface area contributed by atoms with Crippen molar-refractivity contribution in [3.63, 3.8) is 0 Å². The first-order valence-electron chi connectivity index (χ1n) is 9.96. The number of hydrogen-bond acceptors (Lipinski definition) is 6. The molecule has 0 unspecified atom stereocenters. The lowest BCUT2D eigenvalue weighted by molar-refractivity contribution is -0.384. The number of aromatic nitrogens is 1. The van der Waals surface area contributed by atoms with E-state index in [2.05, 4.69) is 25.3 Å². The highest BCUT2D eigenvalue weighted by atomic mass is 127. The minimum absolute atomic E-state index is 0. The fourth-order valence-electron chi connectivity index (χ4n) is 3.44. The van der Waals surface area contributed by atoms with E-state index in [-0.39, 0.29) is 34.6 Å². The van der Waals surface area contributed by atoms with Crippen LogP contribution in [0.1, 0.15) is 24.1 Å². The molecular weight excluding hydrogens is 499 g/mol. The second-order valence-corrected chi connectivity index (χ2v) is 7.11. The molecule has 30 heavy (non-hydrogen) atoms. The van der Waals surface area contributed by atoms with Gasteiger partial charge in [0.2, 0.25) is 0 Å². The molecule has 0 bridgehead atoms. The lowest BCUT2D eigenvalue weighted by Crippen LogP contribution is -2.52. The second-order valence-electron chi connectivity index (χ2n) is 7.11. The summed E-state index contributed by atoms with van der Waals surface area (Å²) in [6, 6.07) is 8.71. The molecule has 0 amide bonds. The fourth-order valence-corrected chi connectivity index (χ4v) is 3.44. The first-order chi connectivity index (χ1) is 14.2. The molecule has 1 N–H and O–H groups in total. The zero-order valence-electron chi connectivity index (χ0n) is 17.2. The Bertz CT molecular complexity index is 789. The second kappa shape index (κ2) is 12.5. The molecule has 1 aliphatic rings. The largest absolute Gasteiger partial charge is 0.364 e. The number of nitrogens with one attached hydrogen (secondary N) is 1. The maximum atomic E-state index is 10.7. The quantitative estimate of drug-likeness (QED) is 0.141. The average Bonchev–Trinajstić information content (AvgIpc) is 3.25. The zero-order chi connectivity index (χ0) is 20.5. The van der Waals surface area contributed by atoms with Crippen LogP contribution in [0.2, 0.25) is 0 Å². The van der Waals surface area contributed by atoms with Crippen molar-refractivity contribution < 1.29 is 9.45 Å². The van der Waals surface area contributed by atoms with E-state index in [1.165, 1.54) is 0 Å². The highest BCUT2D eigenvalue weighted by Crippen LogP contribution is 2.13. The first kappa shape index (κ1) is 24.1. The van der Waals surface area contributed by atoms with E-state index in [4.69, 9.17) is 4.52 Å². The summed E-state index contributed by atoms with van der Waals surface area (Å²) in [7, 11) is 1.82. The van der Waals surface area contributed by atoms with Crippen molar-refractivity contribution in [2.75, 3.05) is 39.8 Å². The van der Waals surface area contributed by atoms with Gasteiger partial charge in [-0.05, 0) is 24.8 Å². The normalized spacial score (nSPS) is 15.0. The smallest absolute Gasteiger partial charge is 0.269 e. The molecule has 3 rings (SSSR count). The van der Waals surface area contributed by atoms with Crippen molar-refractivity contribution >= 4 is 35.6 Å². The maximum absolute atomic E-state index is 10.7. The minimum Gasteiger partial charge on any atom is -0.364 e. The van der Waals surface area contributed by atoms with Gasteiger partial charge in [-0.15, -0.1) is 24.0 Å². The van der Waals surface area contributed by atoms with Gasteiger partial charge in [-0.3, -0.25) is 20.0 Å². The molecule has 10 heteroatoms. The van der Waals surface area contributed by atoms with Gasteiger partial charge in [0.05, 0.1) is 10.6 Å². The van der Waals surface area contributed by atoms with Gasteiger partial charge in [-0.25, -0.2) is 0 Å². The Labute approximate surface area is 193 Å². The number of guanidine groups is 1. The summed E-state index contributed by atoms with van der Waals surface area (Å²) < 4.78 is 4.90. The summed E-state index contributed by atoms with van der Waals surface area (Å²) in [5.41, 5.74) is 2.23. The van der Waals surface area contributed by atoms with Gasteiger partial charge in [0.1, 0.15) is 6.26 Å². The summed E-state index contributed by atoms with van der Waals surface area (Å²) in [5, 5.41) is 18.1. The fraction of sp³-hybridized carbons (Fsp3) is 0.500. The molecule has 0 atom stereocenters. The Morgan fingerprint density at radius 3 is 2.53 bits per heavy atom. The van der Waals surface area contributed by atoms with Gasteiger partial charge in [0, 0.05) is 64.5 Å². The van der Waals surface area contributed by atoms with Gasteiger partial charge in [0.15, 0.2) is 5.96 Å². The van der Waals surface area contributed by atoms with E-state index in [0.29, 0.717) is 0 Å². The molecule has 2 aromatic rings. The minimum atomic E-state index is -0.368. The number of aliphatic imine (C=N–C) groups is 1. The Kier molecular flexibility index (Phi) is 10.0. The lowest BCUT2D eigenvalue weighted by Gasteiger charge is -2.36. The summed E-state index contributed by atoms with van der Waals surface area (Å²) in [6.45, 7) is 5.47. The third-order valence-electron chi connectivity index (χ3n) is 5.08. The molecule has 164 valence electrons. The molecule has 1 fully saturated rings. The molecule has 0 radical (unpaired) electrons. The van der Waals surface area contributed by atoms with Crippen LogP contribution >= 0.6 is 24.0 Å². The summed E-state index contributed by atoms with van der Waals surface area (Å²) in [5.74, 6) is 0.946. The van der Waals surface area contributed by atoms with Gasteiger partial charge in [-0.1, -0.05) is 17.3 Å². The number of benzene rings is 1. The maximum Gasteiger partial charge on any atom is 0.269 e. The number of nitrogens with zero attached hydrogens (tertiary/aromatic N) is 5. The number of piperazine rings is 1. The molecule has 0 saturated carbocycles. The van der Waals surface area contributed by atoms with Crippen LogP contribution in [0, 0.1) is 10.1 Å². The number of rotatable bonds is 8. The molecule has 1 saturated heterocycles. The van der Waals surface area contributed by atoms with Crippen LogP contribution < -0.4 is 5.32 Å². The van der Waals surface area contributed by atoms with Gasteiger partial charge < -0.3 is 14.7 Å². The predicted octanol–water partition coefficient (Wildman–Crippen LogP) is 2.92. The lowest BCUT2D eigenvalue weighted by atomic mass is 10.1. The Morgan fingerprint density at radius 1 is 1.20 bits per heavy atom. The molecule has 1 aromatic carbocycles. The molecule has 0 aliphatic carbocycles. The van der Waals surface area contributed by atoms with Gasteiger partial charge >= 0.3 is 0 Å². The Balaban J connectivity index is 0.00000320. The van der Waals surface area contributed by atoms with Crippen LogP contribution in [-0.2, 0) is 13.0 Å². The third-order valence-corrected chi connectivity index (χ3v) is 5.08. The predicted molar refractivity (Wildman–Crippen MR) is 126 cm³/mol. The van der Waals surface area contributed by atoms with Crippen molar-refractivity contribution in [1.82, 2.24) is 20.3 Å². The molecule has 2 heterocycles. The first-order valence-corrected chi connectivity index (χ1v) is 9.96. The summed E-state index contributed by atoms with van der Waals surface area (Å²) >= 11 is 0. The number of aryl methyl sites for hydroxylation is 1. The van der Waals surface area contributed by atoms with E-state index in [9.17, 15) is 10.1 Å². The van der Waals surface area contributed by atoms with Crippen molar-refractivity contribution in [3.8, 4) is 0 Å². The van der Waals surface area contributed by atoms with Crippen molar-refractivity contribution in [1.29, 1.82) is 0 Å². The van der Waals surface area contributed by atoms with E-state index < -0.39 is 0 Å². The highest BCUT2D eigenvalue weighted by molar-refractivity contribution is 14.0. The third kappa shape index (κ3) is 7.24. The summed E-state index contributed by atoms with van der Waals surface area (Å²) in [4.78, 5) is 19.4. The van der Waals surface area contributed by atoms with Crippen molar-refractivity contribution in [2.45, 2.75) is 25.8 Å². The molecule has 0 spiro atoms. The average molecular weight is 528 g/mol. The number of hydrogen-bond donors (Lipinski definition) is 1. The summed E-state index contributed by atoms with van der Waals surface area (Å²) in [6.07, 6.45) is 4.56. The van der Waals surface area contributed by atoms with Crippen LogP contribution in [0.25, 0.3) is 0 Å². The van der Waals surface area contributed by atoms with Crippen LogP contribution in [0.15, 0.2) is 46.1 Å². The molecule has 1 aliphatic heterocycles. The standard InChI is InChI=1S/C20H28N6O3.HI/c1-21-20(25-13-11-24(12-14-25)16-18-9-15-29-23-18)22-10-3-2-4-17-5-7-19(8-6-17)26(27)28;/h5-9,15H,2-4,10-14,16H2,1H3,(H,21,22);1H. The highest BCUT2D eigenvalue weighted by Gasteiger charge is 2.20.